The number of hydrogen-bond donors (Lipinski definition) is 2. The van der Waals surface area contributed by atoms with E-state index in [-0.39, 0.29) is 0 Å². The van der Waals surface area contributed by atoms with Gasteiger partial charge in [-0.05, 0) is 24.7 Å². The second-order valence-corrected chi connectivity index (χ2v) is 4.00. The van der Waals surface area contributed by atoms with Gasteiger partial charge in [0.05, 0.1) is 0 Å². The van der Waals surface area contributed by atoms with Crippen LogP contribution in [0.5, 0.6) is 0 Å². The van der Waals surface area contributed by atoms with E-state index in [1.165, 1.54) is 6.33 Å². The van der Waals surface area contributed by atoms with Gasteiger partial charge in [-0.25, -0.2) is 14.6 Å². The summed E-state index contributed by atoms with van der Waals surface area (Å²) < 4.78 is 1.66. The summed E-state index contributed by atoms with van der Waals surface area (Å²) in [6.07, 6.45) is 6.01. The van der Waals surface area contributed by atoms with Gasteiger partial charge < -0.3 is 10.6 Å². The van der Waals surface area contributed by atoms with E-state index in [4.69, 9.17) is 12.2 Å². The highest BCUT2D eigenvalue weighted by atomic mass is 32.1. The van der Waals surface area contributed by atoms with E-state index in [0.717, 1.165) is 13.0 Å². The lowest BCUT2D eigenvalue weighted by atomic mass is 10.5. The minimum atomic E-state index is 0.557. The Balaban J connectivity index is 2.06. The van der Waals surface area contributed by atoms with E-state index in [1.807, 2.05) is 12.3 Å². The Kier molecular flexibility index (Phi) is 4.19. The zero-order valence-electron chi connectivity index (χ0n) is 10.00. The maximum Gasteiger partial charge on any atom is 0.171 e. The number of hydrogen-bond acceptors (Lipinski definition) is 4. The summed E-state index contributed by atoms with van der Waals surface area (Å²) in [6.45, 7) is 2.92. The van der Waals surface area contributed by atoms with Gasteiger partial charge >= 0.3 is 0 Å². The van der Waals surface area contributed by atoms with Crippen LogP contribution in [0.1, 0.15) is 13.3 Å². The summed E-state index contributed by atoms with van der Waals surface area (Å²) in [7, 11) is 0. The molecule has 2 aromatic heterocycles. The van der Waals surface area contributed by atoms with Crippen molar-refractivity contribution in [2.75, 3.05) is 11.9 Å². The predicted molar refractivity (Wildman–Crippen MR) is 73.7 cm³/mol. The van der Waals surface area contributed by atoms with E-state index in [0.29, 0.717) is 16.7 Å². The molecule has 0 aliphatic rings. The molecular weight excluding hydrogens is 248 g/mol. The third-order valence-electron chi connectivity index (χ3n) is 2.17. The lowest BCUT2D eigenvalue weighted by Gasteiger charge is -2.09. The molecule has 0 atom stereocenters. The average Bonchev–Trinajstić information content (AvgIpc) is 2.90. The Morgan fingerprint density at radius 1 is 1.44 bits per heavy atom. The molecule has 0 radical (unpaired) electrons. The summed E-state index contributed by atoms with van der Waals surface area (Å²) in [5.41, 5.74) is 0. The van der Waals surface area contributed by atoms with Crippen LogP contribution < -0.4 is 10.6 Å². The molecule has 18 heavy (non-hydrogen) atoms. The van der Waals surface area contributed by atoms with Crippen LogP contribution in [-0.4, -0.2) is 31.4 Å². The van der Waals surface area contributed by atoms with Crippen molar-refractivity contribution in [2.45, 2.75) is 13.3 Å². The van der Waals surface area contributed by atoms with E-state index >= 15 is 0 Å². The molecule has 0 saturated carbocycles. The molecule has 94 valence electrons. The molecule has 7 heteroatoms. The lowest BCUT2D eigenvalue weighted by Crippen LogP contribution is -2.29. The van der Waals surface area contributed by atoms with Gasteiger partial charge in [0.1, 0.15) is 12.1 Å². The molecular formula is C11H14N6S. The van der Waals surface area contributed by atoms with Gasteiger partial charge in [0, 0.05) is 25.0 Å². The smallest absolute Gasteiger partial charge is 0.171 e. The summed E-state index contributed by atoms with van der Waals surface area (Å²) >= 11 is 5.14. The fourth-order valence-corrected chi connectivity index (χ4v) is 1.55. The molecule has 6 nitrogen and oxygen atoms in total. The average molecular weight is 262 g/mol. The Morgan fingerprint density at radius 2 is 2.33 bits per heavy atom. The Morgan fingerprint density at radius 3 is 3.06 bits per heavy atom. The fourth-order valence-electron chi connectivity index (χ4n) is 1.34. The van der Waals surface area contributed by atoms with E-state index in [2.05, 4.69) is 32.6 Å². The third-order valence-corrected chi connectivity index (χ3v) is 2.42. The first-order valence-electron chi connectivity index (χ1n) is 5.66. The van der Waals surface area contributed by atoms with Crippen molar-refractivity contribution in [3.8, 4) is 5.82 Å². The molecule has 0 spiro atoms. The first-order chi connectivity index (χ1) is 8.79. The second kappa shape index (κ2) is 6.06. The van der Waals surface area contributed by atoms with Gasteiger partial charge in [-0.2, -0.15) is 5.10 Å². The van der Waals surface area contributed by atoms with Crippen molar-refractivity contribution in [3.63, 3.8) is 0 Å². The summed E-state index contributed by atoms with van der Waals surface area (Å²) in [5, 5.41) is 10.7. The maximum atomic E-state index is 5.14. The van der Waals surface area contributed by atoms with Crippen molar-refractivity contribution < 1.29 is 0 Å². The highest BCUT2D eigenvalue weighted by molar-refractivity contribution is 7.80. The minimum Gasteiger partial charge on any atom is -0.362 e. The van der Waals surface area contributed by atoms with Gasteiger partial charge in [-0.3, -0.25) is 0 Å². The van der Waals surface area contributed by atoms with Gasteiger partial charge in [0.15, 0.2) is 10.9 Å². The highest BCUT2D eigenvalue weighted by Crippen LogP contribution is 2.07. The zero-order chi connectivity index (χ0) is 12.8. The predicted octanol–water partition coefficient (Wildman–Crippen LogP) is 1.36. The van der Waals surface area contributed by atoms with Crippen LogP contribution in [-0.2, 0) is 0 Å². The molecule has 2 aromatic rings. The molecule has 0 saturated heterocycles. The van der Waals surface area contributed by atoms with Crippen molar-refractivity contribution in [3.05, 3.63) is 30.9 Å². The monoisotopic (exact) mass is 262 g/mol. The molecule has 0 unspecified atom stereocenters. The molecule has 0 aliphatic heterocycles. The van der Waals surface area contributed by atoms with Crippen LogP contribution in [0.15, 0.2) is 30.9 Å². The molecule has 0 aromatic carbocycles. The molecule has 0 amide bonds. The highest BCUT2D eigenvalue weighted by Gasteiger charge is 2.02. The minimum absolute atomic E-state index is 0.557. The summed E-state index contributed by atoms with van der Waals surface area (Å²) in [5.74, 6) is 1.33. The van der Waals surface area contributed by atoms with Crippen LogP contribution in [0.3, 0.4) is 0 Å². The van der Waals surface area contributed by atoms with Crippen molar-refractivity contribution >= 4 is 23.1 Å². The molecule has 0 bridgehead atoms. The third kappa shape index (κ3) is 3.24. The lowest BCUT2D eigenvalue weighted by molar-refractivity contribution is 0.837. The number of nitrogens with zero attached hydrogens (tertiary/aromatic N) is 4. The Hall–Kier alpha value is -2.02. The molecule has 2 heterocycles. The van der Waals surface area contributed by atoms with Crippen molar-refractivity contribution in [1.29, 1.82) is 0 Å². The summed E-state index contributed by atoms with van der Waals surface area (Å²) in [4.78, 5) is 8.24. The van der Waals surface area contributed by atoms with Crippen LogP contribution >= 0.6 is 12.2 Å². The standard InChI is InChI=1S/C11H14N6S/c1-2-4-12-11(18)16-9-7-10(14-8-13-9)17-6-3-5-15-17/h3,5-8H,2,4H2,1H3,(H2,12,13,14,16,18). The SMILES string of the molecule is CCCNC(=S)Nc1cc(-n2cccn2)ncn1. The number of anilines is 1. The van der Waals surface area contributed by atoms with Crippen molar-refractivity contribution in [2.24, 2.45) is 0 Å². The van der Waals surface area contributed by atoms with Gasteiger partial charge in [-0.1, -0.05) is 6.92 Å². The normalized spacial score (nSPS) is 10.1. The topological polar surface area (TPSA) is 67.7 Å². The van der Waals surface area contributed by atoms with Crippen LogP contribution in [0.25, 0.3) is 5.82 Å². The van der Waals surface area contributed by atoms with Gasteiger partial charge in [-0.15, -0.1) is 0 Å². The van der Waals surface area contributed by atoms with E-state index < -0.39 is 0 Å². The number of thiocarbonyl (C=S) groups is 1. The van der Waals surface area contributed by atoms with Gasteiger partial charge in [0.2, 0.25) is 0 Å². The van der Waals surface area contributed by atoms with Crippen LogP contribution in [0.4, 0.5) is 5.82 Å². The first kappa shape index (κ1) is 12.4. The number of aromatic nitrogens is 4. The Labute approximate surface area is 110 Å². The molecule has 0 fully saturated rings. The first-order valence-corrected chi connectivity index (χ1v) is 6.07. The molecule has 2 N–H and O–H groups in total. The quantitative estimate of drug-likeness (QED) is 0.811. The fraction of sp³-hybridized carbons (Fsp3) is 0.273. The summed E-state index contributed by atoms with van der Waals surface area (Å²) in [6, 6.07) is 3.62. The second-order valence-electron chi connectivity index (χ2n) is 3.59. The number of rotatable bonds is 4. The Bertz CT molecular complexity index is 510. The zero-order valence-corrected chi connectivity index (χ0v) is 10.8. The van der Waals surface area contributed by atoms with Crippen LogP contribution in [0.2, 0.25) is 0 Å². The van der Waals surface area contributed by atoms with Crippen LogP contribution in [0, 0.1) is 0 Å². The van der Waals surface area contributed by atoms with Gasteiger partial charge in [0.25, 0.3) is 0 Å². The van der Waals surface area contributed by atoms with E-state index in [9.17, 15) is 0 Å². The molecule has 2 rings (SSSR count). The largest absolute Gasteiger partial charge is 0.362 e. The maximum absolute atomic E-state index is 5.14. The number of nitrogens with one attached hydrogen (secondary N) is 2. The molecule has 0 aliphatic carbocycles. The van der Waals surface area contributed by atoms with E-state index in [1.54, 1.807) is 16.9 Å². The van der Waals surface area contributed by atoms with Crippen molar-refractivity contribution in [1.82, 2.24) is 25.1 Å².